The number of fused-ring (bicyclic) bond motifs is 5. The van der Waals surface area contributed by atoms with Crippen molar-refractivity contribution >= 4 is 71.1 Å². The van der Waals surface area contributed by atoms with E-state index in [9.17, 15) is 0 Å². The summed E-state index contributed by atoms with van der Waals surface area (Å²) in [6.45, 7) is 0. The maximum Gasteiger partial charge on any atom is 0.0726 e. The summed E-state index contributed by atoms with van der Waals surface area (Å²) >= 11 is 1.86. The molecule has 45 heavy (non-hydrogen) atoms. The molecule has 212 valence electrons. The van der Waals surface area contributed by atoms with Gasteiger partial charge < -0.3 is 9.47 Å². The second-order valence-electron chi connectivity index (χ2n) is 11.4. The first-order valence-corrected chi connectivity index (χ1v) is 16.1. The largest absolute Gasteiger partial charge is 0.309 e. The molecule has 0 saturated carbocycles. The third-order valence-electron chi connectivity index (χ3n) is 8.75. The van der Waals surface area contributed by atoms with E-state index in [1.807, 2.05) is 11.3 Å². The Morgan fingerprint density at radius 3 is 1.91 bits per heavy atom. The van der Waals surface area contributed by atoms with Gasteiger partial charge in [-0.05, 0) is 70.9 Å². The molecule has 7 aromatic carbocycles. The number of anilines is 3. The Bertz CT molecular complexity index is 2490. The fourth-order valence-corrected chi connectivity index (χ4v) is 7.91. The highest BCUT2D eigenvalue weighted by molar-refractivity contribution is 7.23. The first-order valence-electron chi connectivity index (χ1n) is 15.3. The maximum atomic E-state index is 2.47. The Labute approximate surface area is 265 Å². The molecule has 0 spiro atoms. The van der Waals surface area contributed by atoms with Crippen LogP contribution in [-0.2, 0) is 0 Å². The minimum Gasteiger partial charge on any atom is -0.309 e. The van der Waals surface area contributed by atoms with Crippen LogP contribution in [0.3, 0.4) is 0 Å². The van der Waals surface area contributed by atoms with Crippen molar-refractivity contribution in [3.63, 3.8) is 0 Å². The normalized spacial score (nSPS) is 11.6. The number of thiophene rings is 1. The first kappa shape index (κ1) is 25.8. The predicted octanol–water partition coefficient (Wildman–Crippen LogP) is 12.3. The van der Waals surface area contributed by atoms with Crippen LogP contribution in [0.25, 0.3) is 58.8 Å². The van der Waals surface area contributed by atoms with Gasteiger partial charge in [-0.15, -0.1) is 11.3 Å². The molecule has 2 heterocycles. The molecule has 0 saturated heterocycles. The molecule has 0 bridgehead atoms. The zero-order valence-electron chi connectivity index (χ0n) is 24.5. The summed E-state index contributed by atoms with van der Waals surface area (Å²) in [5, 5.41) is 6.19. The molecule has 2 aromatic heterocycles. The number of hydrogen-bond acceptors (Lipinski definition) is 2. The van der Waals surface area contributed by atoms with Crippen molar-refractivity contribution < 1.29 is 0 Å². The number of benzene rings is 7. The zero-order valence-corrected chi connectivity index (χ0v) is 25.3. The molecule has 2 nitrogen and oxygen atoms in total. The lowest BCUT2D eigenvalue weighted by Gasteiger charge is -2.27. The Balaban J connectivity index is 1.36. The minimum atomic E-state index is 1.13. The fourth-order valence-electron chi connectivity index (χ4n) is 6.72. The van der Waals surface area contributed by atoms with Crippen molar-refractivity contribution in [3.8, 4) is 16.1 Å². The van der Waals surface area contributed by atoms with E-state index < -0.39 is 0 Å². The van der Waals surface area contributed by atoms with Crippen molar-refractivity contribution in [1.82, 2.24) is 4.57 Å². The van der Waals surface area contributed by atoms with Gasteiger partial charge in [0.15, 0.2) is 0 Å². The van der Waals surface area contributed by atoms with E-state index in [0.29, 0.717) is 0 Å². The molecule has 9 rings (SSSR count). The molecule has 0 radical (unpaired) electrons. The van der Waals surface area contributed by atoms with Crippen molar-refractivity contribution in [2.45, 2.75) is 0 Å². The number of para-hydroxylation sites is 2. The highest BCUT2D eigenvalue weighted by Gasteiger charge is 2.24. The van der Waals surface area contributed by atoms with Crippen LogP contribution >= 0.6 is 11.3 Å². The first-order chi connectivity index (χ1) is 22.3. The summed E-state index contributed by atoms with van der Waals surface area (Å²) in [7, 11) is 0. The van der Waals surface area contributed by atoms with E-state index in [-0.39, 0.29) is 0 Å². The van der Waals surface area contributed by atoms with Gasteiger partial charge in [0.05, 0.1) is 21.6 Å². The lowest BCUT2D eigenvalue weighted by Crippen LogP contribution is -2.10. The topological polar surface area (TPSA) is 8.17 Å². The second kappa shape index (κ2) is 10.5. The van der Waals surface area contributed by atoms with Gasteiger partial charge in [-0.25, -0.2) is 0 Å². The van der Waals surface area contributed by atoms with Crippen LogP contribution in [-0.4, -0.2) is 4.57 Å². The van der Waals surface area contributed by atoms with E-state index in [0.717, 1.165) is 17.1 Å². The summed E-state index contributed by atoms with van der Waals surface area (Å²) < 4.78 is 3.66. The number of rotatable bonds is 5. The molecule has 0 N–H and O–H groups in total. The molecule has 0 atom stereocenters. The molecule has 3 heteroatoms. The number of aromatic nitrogens is 1. The Morgan fingerprint density at radius 2 is 1.07 bits per heavy atom. The second-order valence-corrected chi connectivity index (χ2v) is 12.5. The molecule has 9 aromatic rings. The average molecular weight is 593 g/mol. The van der Waals surface area contributed by atoms with Gasteiger partial charge in [0, 0.05) is 37.9 Å². The summed E-state index contributed by atoms with van der Waals surface area (Å²) in [5.41, 5.74) is 8.28. The zero-order chi connectivity index (χ0) is 29.7. The van der Waals surface area contributed by atoms with Crippen molar-refractivity contribution in [1.29, 1.82) is 0 Å². The van der Waals surface area contributed by atoms with E-state index in [2.05, 4.69) is 179 Å². The van der Waals surface area contributed by atoms with E-state index in [1.165, 1.54) is 58.8 Å². The van der Waals surface area contributed by atoms with Crippen molar-refractivity contribution in [2.75, 3.05) is 4.90 Å². The highest BCUT2D eigenvalue weighted by Crippen LogP contribution is 2.50. The van der Waals surface area contributed by atoms with Gasteiger partial charge in [-0.2, -0.15) is 0 Å². The van der Waals surface area contributed by atoms with Gasteiger partial charge in [0.1, 0.15) is 0 Å². The fraction of sp³-hybridized carbons (Fsp3) is 0. The summed E-state index contributed by atoms with van der Waals surface area (Å²) in [6.07, 6.45) is 0. The molecule has 0 unspecified atom stereocenters. The SMILES string of the molecule is c1ccc(-c2sc3ccccc3c2N(c2ccc3ccccc3c2)c2ccc3c(c2)c2ccccc2n3-c2ccccc2)cc1. The van der Waals surface area contributed by atoms with Gasteiger partial charge in [-0.1, -0.05) is 115 Å². The van der Waals surface area contributed by atoms with Crippen LogP contribution in [0.5, 0.6) is 0 Å². The molecular weight excluding hydrogens is 565 g/mol. The van der Waals surface area contributed by atoms with Crippen LogP contribution in [0.2, 0.25) is 0 Å². The van der Waals surface area contributed by atoms with Gasteiger partial charge in [0.25, 0.3) is 0 Å². The van der Waals surface area contributed by atoms with Crippen molar-refractivity contribution in [3.05, 3.63) is 170 Å². The Hall–Kier alpha value is -5.64. The molecule has 0 aliphatic rings. The Kier molecular flexibility index (Phi) is 6.03. The quantitative estimate of drug-likeness (QED) is 0.193. The number of nitrogens with zero attached hydrogens (tertiary/aromatic N) is 2. The van der Waals surface area contributed by atoms with E-state index >= 15 is 0 Å². The van der Waals surface area contributed by atoms with Crippen LogP contribution in [0, 0.1) is 0 Å². The summed E-state index contributed by atoms with van der Waals surface area (Å²) in [6, 6.07) is 61.4. The van der Waals surface area contributed by atoms with Gasteiger partial charge in [-0.3, -0.25) is 0 Å². The summed E-state index contributed by atoms with van der Waals surface area (Å²) in [5.74, 6) is 0. The van der Waals surface area contributed by atoms with E-state index in [1.54, 1.807) is 0 Å². The smallest absolute Gasteiger partial charge is 0.0726 e. The van der Waals surface area contributed by atoms with Gasteiger partial charge >= 0.3 is 0 Å². The van der Waals surface area contributed by atoms with Crippen LogP contribution in [0.1, 0.15) is 0 Å². The van der Waals surface area contributed by atoms with Crippen LogP contribution < -0.4 is 4.90 Å². The standard InChI is InChI=1S/C42H28N2S/c1-3-14-30(15-4-1)42-41(36-20-10-12-22-40(36)45-42)43(33-24-23-29-13-7-8-16-31(29)27-33)34-25-26-39-37(28-34)35-19-9-11-21-38(35)44(39)32-17-5-2-6-18-32/h1-28H. The third kappa shape index (κ3) is 4.24. The molecular formula is C42H28N2S. The minimum absolute atomic E-state index is 1.13. The van der Waals surface area contributed by atoms with E-state index in [4.69, 9.17) is 0 Å². The third-order valence-corrected chi connectivity index (χ3v) is 9.96. The van der Waals surface area contributed by atoms with Crippen molar-refractivity contribution in [2.24, 2.45) is 0 Å². The predicted molar refractivity (Wildman–Crippen MR) is 194 cm³/mol. The summed E-state index contributed by atoms with van der Waals surface area (Å²) in [4.78, 5) is 3.73. The monoisotopic (exact) mass is 592 g/mol. The average Bonchev–Trinajstić information content (AvgIpc) is 3.65. The molecule has 0 aliphatic heterocycles. The lowest BCUT2D eigenvalue weighted by molar-refractivity contribution is 1.18. The lowest BCUT2D eigenvalue weighted by atomic mass is 10.0. The highest BCUT2D eigenvalue weighted by atomic mass is 32.1. The Morgan fingerprint density at radius 1 is 0.444 bits per heavy atom. The molecule has 0 aliphatic carbocycles. The molecule has 0 fully saturated rings. The number of hydrogen-bond donors (Lipinski definition) is 0. The van der Waals surface area contributed by atoms with Crippen LogP contribution in [0.4, 0.5) is 17.1 Å². The van der Waals surface area contributed by atoms with Crippen LogP contribution in [0.15, 0.2) is 170 Å². The van der Waals surface area contributed by atoms with Gasteiger partial charge in [0.2, 0.25) is 0 Å². The maximum absolute atomic E-state index is 2.47. The molecule has 0 amide bonds.